The zero-order valence-corrected chi connectivity index (χ0v) is 11.6. The molecule has 0 spiro atoms. The monoisotopic (exact) mass is 278 g/mol. The molecule has 4 heteroatoms. The van der Waals surface area contributed by atoms with Crippen molar-refractivity contribution in [2.24, 2.45) is 0 Å². The fourth-order valence-electron chi connectivity index (χ4n) is 1.83. The van der Waals surface area contributed by atoms with Crippen molar-refractivity contribution in [2.75, 3.05) is 7.11 Å². The standard InChI is InChI=1S/C15H15FO2S/c1-10(17)15-11(16)6-5-9-14(15)19-13-8-4-3-7-12(13)18-2/h3-10,17H,1-2H3/t10-/m1/s1. The quantitative estimate of drug-likeness (QED) is 0.915. The van der Waals surface area contributed by atoms with Gasteiger partial charge in [-0.25, -0.2) is 4.39 Å². The second kappa shape index (κ2) is 6.08. The molecule has 1 atom stereocenters. The summed E-state index contributed by atoms with van der Waals surface area (Å²) in [6.45, 7) is 1.56. The van der Waals surface area contributed by atoms with Gasteiger partial charge in [-0.15, -0.1) is 0 Å². The van der Waals surface area contributed by atoms with E-state index in [0.717, 1.165) is 10.6 Å². The van der Waals surface area contributed by atoms with Gasteiger partial charge in [0.25, 0.3) is 0 Å². The van der Waals surface area contributed by atoms with Gasteiger partial charge in [0.05, 0.1) is 18.1 Å². The van der Waals surface area contributed by atoms with E-state index < -0.39 is 11.9 Å². The SMILES string of the molecule is COc1ccccc1Sc1cccc(F)c1[C@@H](C)O. The van der Waals surface area contributed by atoms with Crippen LogP contribution in [0.3, 0.4) is 0 Å². The lowest BCUT2D eigenvalue weighted by molar-refractivity contribution is 0.191. The number of halogens is 1. The molecule has 0 unspecified atom stereocenters. The molecule has 0 aliphatic rings. The third-order valence-corrected chi connectivity index (χ3v) is 3.85. The van der Waals surface area contributed by atoms with Crippen molar-refractivity contribution in [3.05, 3.63) is 53.8 Å². The molecule has 0 heterocycles. The van der Waals surface area contributed by atoms with E-state index in [9.17, 15) is 9.50 Å². The Morgan fingerprint density at radius 2 is 1.79 bits per heavy atom. The van der Waals surface area contributed by atoms with Crippen LogP contribution in [0.4, 0.5) is 4.39 Å². The van der Waals surface area contributed by atoms with Gasteiger partial charge in [-0.2, -0.15) is 0 Å². The lowest BCUT2D eigenvalue weighted by Gasteiger charge is -2.14. The van der Waals surface area contributed by atoms with E-state index in [1.54, 1.807) is 26.2 Å². The first-order chi connectivity index (χ1) is 9.13. The predicted octanol–water partition coefficient (Wildman–Crippen LogP) is 4.04. The molecule has 0 bridgehead atoms. The van der Waals surface area contributed by atoms with Gasteiger partial charge in [0, 0.05) is 10.5 Å². The Labute approximate surface area is 116 Å². The van der Waals surface area contributed by atoms with E-state index >= 15 is 0 Å². The van der Waals surface area contributed by atoms with Crippen LogP contribution in [0.1, 0.15) is 18.6 Å². The molecular weight excluding hydrogens is 263 g/mol. The molecule has 19 heavy (non-hydrogen) atoms. The molecule has 100 valence electrons. The highest BCUT2D eigenvalue weighted by Crippen LogP contribution is 2.38. The third-order valence-electron chi connectivity index (χ3n) is 2.72. The summed E-state index contributed by atoms with van der Waals surface area (Å²) in [5.41, 5.74) is 0.318. The van der Waals surface area contributed by atoms with Crippen LogP contribution in [-0.4, -0.2) is 12.2 Å². The molecule has 0 aromatic heterocycles. The highest BCUT2D eigenvalue weighted by molar-refractivity contribution is 7.99. The van der Waals surface area contributed by atoms with E-state index in [1.807, 2.05) is 24.3 Å². The average Bonchev–Trinajstić information content (AvgIpc) is 2.39. The highest BCUT2D eigenvalue weighted by Gasteiger charge is 2.15. The van der Waals surface area contributed by atoms with Gasteiger partial charge in [-0.05, 0) is 31.2 Å². The summed E-state index contributed by atoms with van der Waals surface area (Å²) in [6, 6.07) is 12.3. The Morgan fingerprint density at radius 3 is 2.47 bits per heavy atom. The summed E-state index contributed by atoms with van der Waals surface area (Å²) in [4.78, 5) is 1.58. The van der Waals surface area contributed by atoms with Crippen LogP contribution in [-0.2, 0) is 0 Å². The van der Waals surface area contributed by atoms with Crippen molar-refractivity contribution in [1.82, 2.24) is 0 Å². The van der Waals surface area contributed by atoms with E-state index in [1.165, 1.54) is 17.8 Å². The third kappa shape index (κ3) is 3.08. The summed E-state index contributed by atoms with van der Waals surface area (Å²) in [5, 5.41) is 9.71. The maximum Gasteiger partial charge on any atom is 0.132 e. The van der Waals surface area contributed by atoms with Crippen molar-refractivity contribution in [2.45, 2.75) is 22.8 Å². The molecule has 0 saturated heterocycles. The van der Waals surface area contributed by atoms with Crippen LogP contribution < -0.4 is 4.74 Å². The molecular formula is C15H15FO2S. The molecule has 2 aromatic carbocycles. The molecule has 0 radical (unpaired) electrons. The fraction of sp³-hybridized carbons (Fsp3) is 0.200. The first-order valence-electron chi connectivity index (χ1n) is 5.91. The summed E-state index contributed by atoms with van der Waals surface area (Å²) in [7, 11) is 1.60. The number of methoxy groups -OCH3 is 1. The Morgan fingerprint density at radius 1 is 1.11 bits per heavy atom. The van der Waals surface area contributed by atoms with Crippen molar-refractivity contribution >= 4 is 11.8 Å². The minimum atomic E-state index is -0.849. The number of benzene rings is 2. The van der Waals surface area contributed by atoms with Gasteiger partial charge < -0.3 is 9.84 Å². The number of rotatable bonds is 4. The van der Waals surface area contributed by atoms with E-state index in [-0.39, 0.29) is 0 Å². The van der Waals surface area contributed by atoms with Crippen LogP contribution in [0.5, 0.6) is 5.75 Å². The number of aliphatic hydroxyl groups excluding tert-OH is 1. The summed E-state index contributed by atoms with van der Waals surface area (Å²) >= 11 is 1.38. The molecule has 2 rings (SSSR count). The number of ether oxygens (including phenoxy) is 1. The van der Waals surface area contributed by atoms with Crippen molar-refractivity contribution in [3.8, 4) is 5.75 Å². The molecule has 2 aromatic rings. The van der Waals surface area contributed by atoms with Crippen molar-refractivity contribution in [3.63, 3.8) is 0 Å². The van der Waals surface area contributed by atoms with Gasteiger partial charge in [0.1, 0.15) is 11.6 Å². The number of hydrogen-bond donors (Lipinski definition) is 1. The number of aliphatic hydroxyl groups is 1. The summed E-state index contributed by atoms with van der Waals surface area (Å²) < 4.78 is 19.1. The van der Waals surface area contributed by atoms with Crippen LogP contribution in [0, 0.1) is 5.82 Å². The first-order valence-corrected chi connectivity index (χ1v) is 6.72. The lowest BCUT2D eigenvalue weighted by atomic mass is 10.1. The fourth-order valence-corrected chi connectivity index (χ4v) is 2.99. The maximum absolute atomic E-state index is 13.8. The van der Waals surface area contributed by atoms with E-state index in [2.05, 4.69) is 0 Å². The molecule has 0 fully saturated rings. The van der Waals surface area contributed by atoms with Crippen molar-refractivity contribution in [1.29, 1.82) is 0 Å². The first kappa shape index (κ1) is 13.9. The second-order valence-corrected chi connectivity index (χ2v) is 5.16. The predicted molar refractivity (Wildman–Crippen MR) is 74.2 cm³/mol. The summed E-state index contributed by atoms with van der Waals surface area (Å²) in [6.07, 6.45) is -0.849. The molecule has 0 aliphatic carbocycles. The smallest absolute Gasteiger partial charge is 0.132 e. The Kier molecular flexibility index (Phi) is 4.45. The summed E-state index contributed by atoms with van der Waals surface area (Å²) in [5.74, 6) is 0.336. The normalized spacial score (nSPS) is 12.2. The largest absolute Gasteiger partial charge is 0.496 e. The topological polar surface area (TPSA) is 29.5 Å². The van der Waals surface area contributed by atoms with Gasteiger partial charge in [0.15, 0.2) is 0 Å². The zero-order chi connectivity index (χ0) is 13.8. The Balaban J connectivity index is 2.41. The van der Waals surface area contributed by atoms with Crippen LogP contribution in [0.2, 0.25) is 0 Å². The van der Waals surface area contributed by atoms with Crippen molar-refractivity contribution < 1.29 is 14.2 Å². The zero-order valence-electron chi connectivity index (χ0n) is 10.8. The average molecular weight is 278 g/mol. The van der Waals surface area contributed by atoms with Crippen LogP contribution in [0.25, 0.3) is 0 Å². The minimum absolute atomic E-state index is 0.318. The molecule has 2 nitrogen and oxygen atoms in total. The Hall–Kier alpha value is -1.52. The number of hydrogen-bond acceptors (Lipinski definition) is 3. The molecule has 0 amide bonds. The lowest BCUT2D eigenvalue weighted by Crippen LogP contribution is -1.98. The maximum atomic E-state index is 13.8. The minimum Gasteiger partial charge on any atom is -0.496 e. The van der Waals surface area contributed by atoms with Gasteiger partial charge in [0.2, 0.25) is 0 Å². The van der Waals surface area contributed by atoms with E-state index in [0.29, 0.717) is 10.5 Å². The molecule has 1 N–H and O–H groups in total. The van der Waals surface area contributed by atoms with Gasteiger partial charge >= 0.3 is 0 Å². The molecule has 0 aliphatic heterocycles. The second-order valence-electron chi connectivity index (χ2n) is 4.08. The van der Waals surface area contributed by atoms with E-state index in [4.69, 9.17) is 4.74 Å². The van der Waals surface area contributed by atoms with Crippen LogP contribution >= 0.6 is 11.8 Å². The number of para-hydroxylation sites is 1. The highest BCUT2D eigenvalue weighted by atomic mass is 32.2. The van der Waals surface area contributed by atoms with Gasteiger partial charge in [-0.1, -0.05) is 30.0 Å². The van der Waals surface area contributed by atoms with Gasteiger partial charge in [-0.3, -0.25) is 0 Å². The Bertz CT molecular complexity index is 570. The molecule has 0 saturated carbocycles. The van der Waals surface area contributed by atoms with Crippen LogP contribution in [0.15, 0.2) is 52.3 Å².